The minimum Gasteiger partial charge on any atom is -0.618 e. The average molecular weight is 351 g/mol. The second-order valence-electron chi connectivity index (χ2n) is 6.93. The Kier molecular flexibility index (Phi) is 4.57. The van der Waals surface area contributed by atoms with Crippen LogP contribution in [0.3, 0.4) is 0 Å². The van der Waals surface area contributed by atoms with Crippen molar-refractivity contribution in [2.45, 2.75) is 13.5 Å². The first kappa shape index (κ1) is 16.9. The van der Waals surface area contributed by atoms with E-state index in [1.54, 1.807) is 0 Å². The lowest BCUT2D eigenvalue weighted by atomic mass is 10.0. The van der Waals surface area contributed by atoms with Gasteiger partial charge in [-0.3, -0.25) is 4.90 Å². The highest BCUT2D eigenvalue weighted by molar-refractivity contribution is 5.86. The number of nitrogens with one attached hydrogen (secondary N) is 1. The van der Waals surface area contributed by atoms with E-state index in [1.165, 1.54) is 23.9 Å². The molecular formula is C21H22FN3O. The standard InChI is InChI=1S/C21H22FN3O/c1-15-10-19(22)11-18-14-25(26)21(12-20(15)18)17-4-2-16(3-5-17)13-24-8-6-23-7-9-24/h2-5,10-12,14,23H,6-9,13H2,1H3. The van der Waals surface area contributed by atoms with Crippen molar-refractivity contribution < 1.29 is 9.12 Å². The Bertz CT molecular complexity index is 934. The maximum atomic E-state index is 13.6. The summed E-state index contributed by atoms with van der Waals surface area (Å²) in [5.41, 5.74) is 3.53. The number of halogens is 1. The Morgan fingerprint density at radius 2 is 1.85 bits per heavy atom. The largest absolute Gasteiger partial charge is 0.618 e. The maximum Gasteiger partial charge on any atom is 0.224 e. The summed E-state index contributed by atoms with van der Waals surface area (Å²) in [5.74, 6) is -0.319. The van der Waals surface area contributed by atoms with Crippen molar-refractivity contribution in [2.24, 2.45) is 0 Å². The number of benzene rings is 2. The Balaban J connectivity index is 1.63. The molecule has 3 aromatic rings. The van der Waals surface area contributed by atoms with Crippen molar-refractivity contribution in [1.82, 2.24) is 10.2 Å². The zero-order valence-electron chi connectivity index (χ0n) is 14.8. The fourth-order valence-electron chi connectivity index (χ4n) is 3.60. The van der Waals surface area contributed by atoms with E-state index in [0.29, 0.717) is 11.1 Å². The summed E-state index contributed by atoms with van der Waals surface area (Å²) in [5, 5.41) is 17.3. The lowest BCUT2D eigenvalue weighted by molar-refractivity contribution is -0.592. The Morgan fingerprint density at radius 1 is 1.12 bits per heavy atom. The SMILES string of the molecule is Cc1cc(F)cc2c[n+]([O-])c(-c3ccc(CN4CCNCC4)cc3)cc12. The van der Waals surface area contributed by atoms with E-state index >= 15 is 0 Å². The van der Waals surface area contributed by atoms with Crippen LogP contribution in [0.25, 0.3) is 22.0 Å². The van der Waals surface area contributed by atoms with Crippen LogP contribution in [0, 0.1) is 17.9 Å². The molecule has 0 aliphatic carbocycles. The molecular weight excluding hydrogens is 329 g/mol. The van der Waals surface area contributed by atoms with E-state index in [1.807, 2.05) is 25.1 Å². The smallest absolute Gasteiger partial charge is 0.224 e. The van der Waals surface area contributed by atoms with Gasteiger partial charge in [-0.15, -0.1) is 0 Å². The molecule has 1 aliphatic heterocycles. The third-order valence-electron chi connectivity index (χ3n) is 5.02. The highest BCUT2D eigenvalue weighted by Gasteiger charge is 2.14. The minimum atomic E-state index is -0.319. The number of fused-ring (bicyclic) bond motifs is 1. The van der Waals surface area contributed by atoms with Crippen molar-refractivity contribution in [2.75, 3.05) is 26.2 Å². The van der Waals surface area contributed by atoms with Gasteiger partial charge in [0.1, 0.15) is 5.82 Å². The molecule has 26 heavy (non-hydrogen) atoms. The summed E-state index contributed by atoms with van der Waals surface area (Å²) < 4.78 is 14.4. The van der Waals surface area contributed by atoms with Crippen LogP contribution in [0.15, 0.2) is 48.7 Å². The molecule has 4 rings (SSSR count). The number of hydrogen-bond donors (Lipinski definition) is 1. The molecule has 5 heteroatoms. The van der Waals surface area contributed by atoms with E-state index in [-0.39, 0.29) is 5.82 Å². The van der Waals surface area contributed by atoms with Crippen LogP contribution in [0.4, 0.5) is 4.39 Å². The summed E-state index contributed by atoms with van der Waals surface area (Å²) >= 11 is 0. The van der Waals surface area contributed by atoms with Gasteiger partial charge in [0.15, 0.2) is 6.20 Å². The van der Waals surface area contributed by atoms with Crippen LogP contribution in [-0.4, -0.2) is 31.1 Å². The molecule has 0 saturated carbocycles. The summed E-state index contributed by atoms with van der Waals surface area (Å²) in [6.07, 6.45) is 1.45. The minimum absolute atomic E-state index is 0.319. The van der Waals surface area contributed by atoms with E-state index in [0.717, 1.165) is 54.0 Å². The quantitative estimate of drug-likeness (QED) is 0.583. The highest BCUT2D eigenvalue weighted by atomic mass is 19.1. The number of pyridine rings is 1. The number of hydrogen-bond acceptors (Lipinski definition) is 3. The fourth-order valence-corrected chi connectivity index (χ4v) is 3.60. The summed E-state index contributed by atoms with van der Waals surface area (Å²) in [4.78, 5) is 2.42. The molecule has 0 spiro atoms. The van der Waals surface area contributed by atoms with Gasteiger partial charge in [-0.2, -0.15) is 4.73 Å². The van der Waals surface area contributed by atoms with Gasteiger partial charge in [0.25, 0.3) is 0 Å². The number of aryl methyl sites for hydroxylation is 1. The predicted octanol–water partition coefficient (Wildman–Crippen LogP) is 2.99. The van der Waals surface area contributed by atoms with Gasteiger partial charge in [0.2, 0.25) is 5.69 Å². The third-order valence-corrected chi connectivity index (χ3v) is 5.02. The summed E-state index contributed by atoms with van der Waals surface area (Å²) in [6.45, 7) is 6.97. The lowest BCUT2D eigenvalue weighted by Crippen LogP contribution is -2.42. The first-order valence-corrected chi connectivity index (χ1v) is 8.95. The van der Waals surface area contributed by atoms with Crippen molar-refractivity contribution in [3.8, 4) is 11.3 Å². The number of piperazine rings is 1. The van der Waals surface area contributed by atoms with Crippen molar-refractivity contribution >= 4 is 10.8 Å². The molecule has 1 fully saturated rings. The van der Waals surface area contributed by atoms with E-state index < -0.39 is 0 Å². The zero-order valence-corrected chi connectivity index (χ0v) is 14.8. The molecule has 0 radical (unpaired) electrons. The second kappa shape index (κ2) is 7.02. The monoisotopic (exact) mass is 351 g/mol. The predicted molar refractivity (Wildman–Crippen MR) is 101 cm³/mol. The molecule has 0 amide bonds. The van der Waals surface area contributed by atoms with Gasteiger partial charge in [0.05, 0.1) is 5.39 Å². The molecule has 1 N–H and O–H groups in total. The molecule has 0 bridgehead atoms. The molecule has 1 aromatic heterocycles. The number of rotatable bonds is 3. The number of nitrogens with zero attached hydrogens (tertiary/aromatic N) is 2. The molecule has 0 atom stereocenters. The molecule has 2 heterocycles. The van der Waals surface area contributed by atoms with Gasteiger partial charge in [-0.25, -0.2) is 4.39 Å². The van der Waals surface area contributed by atoms with Gasteiger partial charge >= 0.3 is 0 Å². The summed E-state index contributed by atoms with van der Waals surface area (Å²) in [6, 6.07) is 12.9. The third kappa shape index (κ3) is 3.41. The van der Waals surface area contributed by atoms with Gasteiger partial charge < -0.3 is 10.5 Å². The Labute approximate surface area is 152 Å². The maximum absolute atomic E-state index is 13.6. The van der Waals surface area contributed by atoms with Crippen LogP contribution in [0.2, 0.25) is 0 Å². The second-order valence-corrected chi connectivity index (χ2v) is 6.93. The van der Waals surface area contributed by atoms with Gasteiger partial charge in [-0.1, -0.05) is 12.1 Å². The molecule has 2 aromatic carbocycles. The fraction of sp³-hybridized carbons (Fsp3) is 0.286. The normalized spacial score (nSPS) is 15.5. The zero-order chi connectivity index (χ0) is 18.1. The van der Waals surface area contributed by atoms with Crippen LogP contribution < -0.4 is 10.0 Å². The van der Waals surface area contributed by atoms with Crippen LogP contribution in [0.1, 0.15) is 11.1 Å². The van der Waals surface area contributed by atoms with E-state index in [9.17, 15) is 9.60 Å². The first-order valence-electron chi connectivity index (χ1n) is 8.95. The van der Waals surface area contributed by atoms with Gasteiger partial charge in [0, 0.05) is 44.4 Å². The van der Waals surface area contributed by atoms with Crippen molar-refractivity contribution in [3.63, 3.8) is 0 Å². The molecule has 1 saturated heterocycles. The number of aromatic nitrogens is 1. The Hall–Kier alpha value is -2.50. The van der Waals surface area contributed by atoms with Crippen molar-refractivity contribution in [3.05, 3.63) is 70.8 Å². The highest BCUT2D eigenvalue weighted by Crippen LogP contribution is 2.24. The molecule has 0 unspecified atom stereocenters. The first-order chi connectivity index (χ1) is 12.6. The average Bonchev–Trinajstić information content (AvgIpc) is 2.63. The van der Waals surface area contributed by atoms with Gasteiger partial charge in [-0.05, 0) is 47.7 Å². The van der Waals surface area contributed by atoms with E-state index in [4.69, 9.17) is 0 Å². The van der Waals surface area contributed by atoms with Crippen LogP contribution in [0.5, 0.6) is 0 Å². The summed E-state index contributed by atoms with van der Waals surface area (Å²) in [7, 11) is 0. The van der Waals surface area contributed by atoms with Crippen molar-refractivity contribution in [1.29, 1.82) is 0 Å². The molecule has 1 aliphatic rings. The topological polar surface area (TPSA) is 42.2 Å². The van der Waals surface area contributed by atoms with Crippen LogP contribution >= 0.6 is 0 Å². The lowest BCUT2D eigenvalue weighted by Gasteiger charge is -2.27. The molecule has 134 valence electrons. The van der Waals surface area contributed by atoms with E-state index in [2.05, 4.69) is 22.3 Å². The molecule has 4 nitrogen and oxygen atoms in total. The Morgan fingerprint density at radius 3 is 2.58 bits per heavy atom. The van der Waals surface area contributed by atoms with Crippen LogP contribution in [-0.2, 0) is 6.54 Å².